The van der Waals surface area contributed by atoms with Crippen molar-refractivity contribution < 1.29 is 4.74 Å². The summed E-state index contributed by atoms with van der Waals surface area (Å²) in [6.07, 6.45) is 18.5. The van der Waals surface area contributed by atoms with Crippen LogP contribution in [0.4, 0.5) is 0 Å². The van der Waals surface area contributed by atoms with Gasteiger partial charge in [0.05, 0.1) is 0 Å². The summed E-state index contributed by atoms with van der Waals surface area (Å²) in [6.45, 7) is 36.2. The Morgan fingerprint density at radius 3 is 0.306 bits per heavy atom. The Morgan fingerprint density at radius 1 is 0.222 bits per heavy atom. The molecule has 0 rings (SSSR count). The van der Waals surface area contributed by atoms with Crippen LogP contribution in [0.1, 0.15) is 201 Å². The van der Waals surface area contributed by atoms with Gasteiger partial charge in [-0.15, -0.1) is 0 Å². The van der Waals surface area contributed by atoms with Gasteiger partial charge in [0.1, 0.15) is 0 Å². The minimum atomic E-state index is 0. The zero-order chi connectivity index (χ0) is 28.0. The van der Waals surface area contributed by atoms with Crippen molar-refractivity contribution >= 4 is 71.7 Å². The molecule has 0 bridgehead atoms. The van der Waals surface area contributed by atoms with Gasteiger partial charge < -0.3 is 4.74 Å². The van der Waals surface area contributed by atoms with E-state index in [9.17, 15) is 0 Å². The van der Waals surface area contributed by atoms with E-state index < -0.39 is 0 Å². The predicted molar refractivity (Wildman–Crippen MR) is 184 cm³/mol. The van der Waals surface area contributed by atoms with Gasteiger partial charge in [-0.2, -0.15) is 0 Å². The summed E-state index contributed by atoms with van der Waals surface area (Å²) in [4.78, 5) is 0. The van der Waals surface area contributed by atoms with Crippen molar-refractivity contribution in [2.45, 2.75) is 201 Å². The van der Waals surface area contributed by atoms with Crippen LogP contribution in [0.25, 0.3) is 0 Å². The zero-order valence-electron chi connectivity index (χ0n) is 29.2. The van der Waals surface area contributed by atoms with Gasteiger partial charge in [-0.1, -0.05) is 187 Å². The Bertz CT molecular complexity index is 105. The Morgan fingerprint density at radius 2 is 0.306 bits per heavy atom. The van der Waals surface area contributed by atoms with Crippen molar-refractivity contribution in [1.29, 1.82) is 0 Å². The van der Waals surface area contributed by atoms with Gasteiger partial charge in [-0.05, 0) is 13.8 Å². The molecule has 0 aromatic heterocycles. The van der Waals surface area contributed by atoms with Crippen molar-refractivity contribution in [3.8, 4) is 0 Å². The third-order valence-corrected chi connectivity index (χ3v) is 3.91. The van der Waals surface area contributed by atoms with Gasteiger partial charge >= 0.3 is 0 Å². The molecule has 0 fully saturated rings. The number of hydrogen-bond donors (Lipinski definition) is 0. The smallest absolute Gasteiger partial charge is 0.0437 e. The summed E-state index contributed by atoms with van der Waals surface area (Å²) >= 11 is 0. The maximum Gasteiger partial charge on any atom is 0.0437 e. The van der Waals surface area contributed by atoms with E-state index in [0.717, 1.165) is 13.2 Å². The monoisotopic (exact) mass is 840 g/mol. The summed E-state index contributed by atoms with van der Waals surface area (Å²) in [5, 5.41) is 0. The van der Waals surface area contributed by atoms with E-state index >= 15 is 0 Å². The van der Waals surface area contributed by atoms with Gasteiger partial charge in [0.15, 0.2) is 0 Å². The van der Waals surface area contributed by atoms with E-state index in [1.54, 1.807) is 0 Å². The van der Waals surface area contributed by atoms with Gasteiger partial charge in [0.25, 0.3) is 0 Å². The second kappa shape index (κ2) is 132. The average molecular weight is 837 g/mol. The summed E-state index contributed by atoms with van der Waals surface area (Å²) in [5.74, 6) is 0. The standard InChI is InChI=1S/C4H10O.7C4H10.3Sn/c1-3-5-4-2;7*1-3-4-2;;;/h3-4H2,1-2H3;7*3-4H2,1-2H3;;;. The average Bonchev–Trinajstić information content (AvgIpc) is 2.89. The molecule has 0 aromatic rings. The topological polar surface area (TPSA) is 9.23 Å². The molecule has 0 saturated carbocycles. The zero-order valence-corrected chi connectivity index (χ0v) is 37.8. The summed E-state index contributed by atoms with van der Waals surface area (Å²) in [5.41, 5.74) is 0. The fraction of sp³-hybridized carbons (Fsp3) is 1.00. The molecule has 0 unspecified atom stereocenters. The molecule has 0 heterocycles. The number of hydrogen-bond acceptors (Lipinski definition) is 1. The molecule has 226 valence electrons. The SMILES string of the molecule is CCCC.CCCC.CCCC.CCCC.CCCC.CCCC.CCCC.CCOCC.[Sn].[Sn].[Sn]. The molecule has 0 N–H and O–H groups in total. The van der Waals surface area contributed by atoms with Crippen molar-refractivity contribution in [2.24, 2.45) is 0 Å². The van der Waals surface area contributed by atoms with Crippen LogP contribution in [0.2, 0.25) is 0 Å². The predicted octanol–water partition coefficient (Wildman–Crippen LogP) is 12.5. The van der Waals surface area contributed by atoms with E-state index in [0.29, 0.717) is 0 Å². The molecule has 0 aliphatic carbocycles. The molecule has 0 aliphatic heterocycles. The number of unbranched alkanes of at least 4 members (excludes halogenated alkanes) is 7. The Hall–Kier alpha value is 2.36. The molecule has 0 saturated heterocycles. The van der Waals surface area contributed by atoms with Gasteiger partial charge in [0, 0.05) is 84.9 Å². The molecule has 1 nitrogen and oxygen atoms in total. The first-order valence-electron chi connectivity index (χ1n) is 15.4. The van der Waals surface area contributed by atoms with Gasteiger partial charge in [-0.25, -0.2) is 0 Å². The van der Waals surface area contributed by atoms with E-state index in [1.165, 1.54) is 89.9 Å². The molecule has 0 atom stereocenters. The van der Waals surface area contributed by atoms with Crippen LogP contribution in [-0.4, -0.2) is 84.9 Å². The fourth-order valence-electron chi connectivity index (χ4n) is 0.204. The van der Waals surface area contributed by atoms with E-state index in [2.05, 4.69) is 96.9 Å². The maximum absolute atomic E-state index is 4.83. The third-order valence-electron chi connectivity index (χ3n) is 3.91. The molecule has 36 heavy (non-hydrogen) atoms. The van der Waals surface area contributed by atoms with Crippen LogP contribution < -0.4 is 0 Å². The molecule has 0 amide bonds. The minimum absolute atomic E-state index is 0. The first-order valence-corrected chi connectivity index (χ1v) is 15.4. The summed E-state index contributed by atoms with van der Waals surface area (Å²) < 4.78 is 4.83. The second-order valence-electron chi connectivity index (χ2n) is 7.78. The molecule has 0 spiro atoms. The van der Waals surface area contributed by atoms with Gasteiger partial charge in [0.2, 0.25) is 0 Å². The molecule has 12 radical (unpaired) electrons. The molecular formula is C32H80OSn3. The van der Waals surface area contributed by atoms with Crippen LogP contribution in [0, 0.1) is 0 Å². The molecule has 4 heteroatoms. The number of ether oxygens (including phenoxy) is 1. The maximum atomic E-state index is 4.83. The number of rotatable bonds is 9. The van der Waals surface area contributed by atoms with E-state index in [1.807, 2.05) is 13.8 Å². The fourth-order valence-corrected chi connectivity index (χ4v) is 0.204. The van der Waals surface area contributed by atoms with E-state index in [-0.39, 0.29) is 71.7 Å². The first-order chi connectivity index (χ1) is 15.8. The summed E-state index contributed by atoms with van der Waals surface area (Å²) in [6, 6.07) is 0. The van der Waals surface area contributed by atoms with Crippen molar-refractivity contribution in [3.63, 3.8) is 0 Å². The second-order valence-corrected chi connectivity index (χ2v) is 7.78. The molecular weight excluding hydrogens is 756 g/mol. The molecule has 0 aromatic carbocycles. The Labute approximate surface area is 287 Å². The third kappa shape index (κ3) is 352. The van der Waals surface area contributed by atoms with E-state index in [4.69, 9.17) is 4.74 Å². The van der Waals surface area contributed by atoms with Crippen LogP contribution in [0.5, 0.6) is 0 Å². The first kappa shape index (κ1) is 71.5. The van der Waals surface area contributed by atoms with Crippen LogP contribution in [0.3, 0.4) is 0 Å². The Balaban J connectivity index is -0.0000000218. The van der Waals surface area contributed by atoms with Crippen molar-refractivity contribution in [1.82, 2.24) is 0 Å². The van der Waals surface area contributed by atoms with Gasteiger partial charge in [-0.3, -0.25) is 0 Å². The largest absolute Gasteiger partial charge is 0.382 e. The normalized spacial score (nSPS) is 7.00. The summed E-state index contributed by atoms with van der Waals surface area (Å²) in [7, 11) is 0. The van der Waals surface area contributed by atoms with Crippen molar-refractivity contribution in [3.05, 3.63) is 0 Å². The molecule has 0 aliphatic rings. The van der Waals surface area contributed by atoms with Crippen LogP contribution in [-0.2, 0) is 4.74 Å². The minimum Gasteiger partial charge on any atom is -0.382 e. The Kier molecular flexibility index (Phi) is 262. The quantitative estimate of drug-likeness (QED) is 0.210. The van der Waals surface area contributed by atoms with Crippen LogP contribution >= 0.6 is 0 Å². The van der Waals surface area contributed by atoms with Crippen LogP contribution in [0.15, 0.2) is 0 Å². The van der Waals surface area contributed by atoms with Crippen molar-refractivity contribution in [2.75, 3.05) is 13.2 Å².